The Morgan fingerprint density at radius 2 is 1.88 bits per heavy atom. The zero-order valence-corrected chi connectivity index (χ0v) is 18.8. The highest BCUT2D eigenvalue weighted by Crippen LogP contribution is 2.26. The predicted octanol–water partition coefficient (Wildman–Crippen LogP) is 5.48. The fraction of sp³-hybridized carbons (Fsp3) is 0.318. The summed E-state index contributed by atoms with van der Waals surface area (Å²) < 4.78 is 38.1. The van der Waals surface area contributed by atoms with Crippen LogP contribution in [0.3, 0.4) is 0 Å². The first-order chi connectivity index (χ1) is 15.3. The molecule has 3 aromatic rings. The first-order valence-corrected chi connectivity index (χ1v) is 10.8. The molecule has 0 spiro atoms. The van der Waals surface area contributed by atoms with E-state index in [9.17, 15) is 13.2 Å². The first kappa shape index (κ1) is 23.5. The highest BCUT2D eigenvalue weighted by molar-refractivity contribution is 7.14. The van der Waals surface area contributed by atoms with Gasteiger partial charge in [0.25, 0.3) is 0 Å². The number of aryl methyl sites for hydroxylation is 2. The molecule has 0 saturated carbocycles. The normalized spacial score (nSPS) is 12.5. The maximum Gasteiger partial charge on any atom is 0.451 e. The molecule has 0 aromatic carbocycles. The van der Waals surface area contributed by atoms with E-state index >= 15 is 0 Å². The number of unbranched alkanes of at least 4 members (excludes halogenated alkanes) is 1. The van der Waals surface area contributed by atoms with Crippen LogP contribution in [0.4, 0.5) is 13.2 Å². The van der Waals surface area contributed by atoms with E-state index in [1.165, 1.54) is 0 Å². The molecule has 10 heteroatoms. The molecule has 0 atom stereocenters. The molecule has 0 bridgehead atoms. The van der Waals surface area contributed by atoms with Gasteiger partial charge in [-0.25, -0.2) is 19.9 Å². The SMILES string of the molecule is CCC/C=C/NC(=NCc1cnc(C(F)(F)F)nc1)c1nc(-c2ncc(C)s2)ccc1C. The van der Waals surface area contributed by atoms with Gasteiger partial charge in [0, 0.05) is 29.0 Å². The van der Waals surface area contributed by atoms with Crippen LogP contribution in [-0.2, 0) is 12.7 Å². The minimum atomic E-state index is -4.58. The average molecular weight is 461 g/mol. The van der Waals surface area contributed by atoms with Crippen LogP contribution in [0, 0.1) is 13.8 Å². The summed E-state index contributed by atoms with van der Waals surface area (Å²) in [6, 6.07) is 3.86. The predicted molar refractivity (Wildman–Crippen MR) is 119 cm³/mol. The molecule has 168 valence electrons. The van der Waals surface area contributed by atoms with Crippen molar-refractivity contribution in [1.29, 1.82) is 0 Å². The maximum atomic E-state index is 12.7. The summed E-state index contributed by atoms with van der Waals surface area (Å²) in [5.41, 5.74) is 2.73. The summed E-state index contributed by atoms with van der Waals surface area (Å²) in [5.74, 6) is -0.667. The number of hydrogen-bond donors (Lipinski definition) is 1. The lowest BCUT2D eigenvalue weighted by Gasteiger charge is -2.11. The van der Waals surface area contributed by atoms with Gasteiger partial charge < -0.3 is 5.32 Å². The summed E-state index contributed by atoms with van der Waals surface area (Å²) in [6.45, 7) is 6.09. The molecule has 3 aromatic heterocycles. The molecule has 0 saturated heterocycles. The number of thiazole rings is 1. The molecule has 6 nitrogen and oxygen atoms in total. The monoisotopic (exact) mass is 460 g/mol. The molecular weight excluding hydrogens is 437 g/mol. The minimum absolute atomic E-state index is 0.101. The van der Waals surface area contributed by atoms with Crippen LogP contribution in [0.15, 0.2) is 48.0 Å². The summed E-state index contributed by atoms with van der Waals surface area (Å²) in [6.07, 6.45) is 5.19. The van der Waals surface area contributed by atoms with Gasteiger partial charge >= 0.3 is 6.18 Å². The van der Waals surface area contributed by atoms with Crippen LogP contribution in [-0.4, -0.2) is 25.8 Å². The summed E-state index contributed by atoms with van der Waals surface area (Å²) >= 11 is 1.55. The molecular formula is C22H23F3N6S. The van der Waals surface area contributed by atoms with Crippen molar-refractivity contribution in [3.8, 4) is 10.7 Å². The van der Waals surface area contributed by atoms with Crippen LogP contribution in [0.1, 0.15) is 47.3 Å². The fourth-order valence-corrected chi connectivity index (χ4v) is 3.42. The molecule has 0 radical (unpaired) electrons. The van der Waals surface area contributed by atoms with Crippen LogP contribution in [0.5, 0.6) is 0 Å². The lowest BCUT2D eigenvalue weighted by molar-refractivity contribution is -0.145. The second-order valence-corrected chi connectivity index (χ2v) is 8.29. The third-order valence-electron chi connectivity index (χ3n) is 4.33. The molecule has 3 heterocycles. The Labute approximate surface area is 188 Å². The van der Waals surface area contributed by atoms with Gasteiger partial charge in [0.05, 0.1) is 12.2 Å². The van der Waals surface area contributed by atoms with Crippen LogP contribution < -0.4 is 5.32 Å². The smallest absolute Gasteiger partial charge is 0.345 e. The van der Waals surface area contributed by atoms with Gasteiger partial charge in [0.15, 0.2) is 5.84 Å². The summed E-state index contributed by atoms with van der Waals surface area (Å²) in [7, 11) is 0. The Morgan fingerprint density at radius 1 is 1.12 bits per heavy atom. The van der Waals surface area contributed by atoms with Crippen molar-refractivity contribution in [1.82, 2.24) is 25.3 Å². The van der Waals surface area contributed by atoms with Gasteiger partial charge in [0.1, 0.15) is 10.7 Å². The van der Waals surface area contributed by atoms with Gasteiger partial charge in [-0.1, -0.05) is 25.5 Å². The number of aliphatic imine (C=N–C) groups is 1. The van der Waals surface area contributed by atoms with E-state index in [1.54, 1.807) is 23.7 Å². The van der Waals surface area contributed by atoms with Crippen molar-refractivity contribution in [3.05, 3.63) is 70.5 Å². The number of amidine groups is 1. The zero-order chi connectivity index (χ0) is 23.1. The third kappa shape index (κ3) is 6.19. The van der Waals surface area contributed by atoms with Gasteiger partial charge in [0.2, 0.25) is 5.82 Å². The molecule has 1 N–H and O–H groups in total. The lowest BCUT2D eigenvalue weighted by atomic mass is 10.1. The number of hydrogen-bond acceptors (Lipinski definition) is 6. The standard InChI is InChI=1S/C22H23F3N6S/c1-4-5-6-9-26-19(27-11-16-12-29-21(30-13-16)22(23,24)25)18-14(2)7-8-17(31-18)20-28-10-15(3)32-20/h6-10,12-13H,4-5,11H2,1-3H3,(H,26,27)/b9-6+. The fourth-order valence-electron chi connectivity index (χ4n) is 2.69. The van der Waals surface area contributed by atoms with Crippen molar-refractivity contribution in [2.75, 3.05) is 0 Å². The molecule has 0 aliphatic rings. The number of nitrogens with one attached hydrogen (secondary N) is 1. The second kappa shape index (κ2) is 10.4. The van der Waals surface area contributed by atoms with Crippen molar-refractivity contribution in [2.24, 2.45) is 4.99 Å². The lowest BCUT2D eigenvalue weighted by Crippen LogP contribution is -2.22. The molecule has 3 rings (SSSR count). The number of nitrogens with zero attached hydrogens (tertiary/aromatic N) is 5. The number of alkyl halides is 3. The van der Waals surface area contributed by atoms with E-state index in [2.05, 4.69) is 32.2 Å². The number of aromatic nitrogens is 4. The Kier molecular flexibility index (Phi) is 7.68. The highest BCUT2D eigenvalue weighted by atomic mass is 32.1. The van der Waals surface area contributed by atoms with Gasteiger partial charge in [-0.05, 0) is 38.1 Å². The Bertz CT molecular complexity index is 1100. The van der Waals surface area contributed by atoms with Crippen LogP contribution in [0.25, 0.3) is 10.7 Å². The molecule has 0 unspecified atom stereocenters. The van der Waals surface area contributed by atoms with Gasteiger partial charge in [-0.15, -0.1) is 11.3 Å². The summed E-state index contributed by atoms with van der Waals surface area (Å²) in [4.78, 5) is 21.6. The van der Waals surface area contributed by atoms with Crippen molar-refractivity contribution in [2.45, 2.75) is 46.3 Å². The molecule has 32 heavy (non-hydrogen) atoms. The van der Waals surface area contributed by atoms with Crippen LogP contribution in [0.2, 0.25) is 0 Å². The van der Waals surface area contributed by atoms with E-state index in [0.717, 1.165) is 46.4 Å². The van der Waals surface area contributed by atoms with Crippen LogP contribution >= 0.6 is 11.3 Å². The first-order valence-electron chi connectivity index (χ1n) is 10.0. The number of halogens is 3. The summed E-state index contributed by atoms with van der Waals surface area (Å²) in [5, 5.41) is 3.98. The van der Waals surface area contributed by atoms with E-state index < -0.39 is 12.0 Å². The molecule has 0 fully saturated rings. The van der Waals surface area contributed by atoms with Gasteiger partial charge in [-0.2, -0.15) is 13.2 Å². The molecule has 0 aliphatic carbocycles. The largest absolute Gasteiger partial charge is 0.451 e. The second-order valence-electron chi connectivity index (χ2n) is 7.05. The van der Waals surface area contributed by atoms with E-state index in [1.807, 2.05) is 32.1 Å². The Hall–Kier alpha value is -3.14. The van der Waals surface area contributed by atoms with Crippen molar-refractivity contribution < 1.29 is 13.2 Å². The average Bonchev–Trinajstić information content (AvgIpc) is 3.20. The van der Waals surface area contributed by atoms with Crippen molar-refractivity contribution >= 4 is 17.2 Å². The van der Waals surface area contributed by atoms with E-state index in [-0.39, 0.29) is 6.54 Å². The Morgan fingerprint density at radius 3 is 2.50 bits per heavy atom. The minimum Gasteiger partial charge on any atom is -0.345 e. The molecule has 0 amide bonds. The quantitative estimate of drug-likeness (QED) is 0.373. The zero-order valence-electron chi connectivity index (χ0n) is 17.9. The van der Waals surface area contributed by atoms with Crippen molar-refractivity contribution in [3.63, 3.8) is 0 Å². The highest BCUT2D eigenvalue weighted by Gasteiger charge is 2.34. The van der Waals surface area contributed by atoms with E-state index in [0.29, 0.717) is 17.1 Å². The topological polar surface area (TPSA) is 76.0 Å². The third-order valence-corrected chi connectivity index (χ3v) is 5.27. The number of allylic oxidation sites excluding steroid dienone is 1. The Balaban J connectivity index is 1.91. The van der Waals surface area contributed by atoms with E-state index in [4.69, 9.17) is 4.98 Å². The number of pyridine rings is 1. The van der Waals surface area contributed by atoms with Gasteiger partial charge in [-0.3, -0.25) is 4.99 Å². The maximum absolute atomic E-state index is 12.7. The molecule has 0 aliphatic heterocycles. The number of rotatable bonds is 7.